The zero-order valence-electron chi connectivity index (χ0n) is 14.5. The number of rotatable bonds is 4. The van der Waals surface area contributed by atoms with Gasteiger partial charge in [-0.3, -0.25) is 0 Å². The van der Waals surface area contributed by atoms with Gasteiger partial charge in [0.05, 0.1) is 7.11 Å². The predicted molar refractivity (Wildman–Crippen MR) is 90.2 cm³/mol. The van der Waals surface area contributed by atoms with Crippen LogP contribution in [0.1, 0.15) is 0 Å². The van der Waals surface area contributed by atoms with Gasteiger partial charge in [0.2, 0.25) is 0 Å². The van der Waals surface area contributed by atoms with Crippen molar-refractivity contribution in [3.8, 4) is 5.75 Å². The van der Waals surface area contributed by atoms with Crippen molar-refractivity contribution >= 4 is 27.4 Å². The van der Waals surface area contributed by atoms with E-state index in [1.807, 2.05) is 0 Å². The van der Waals surface area contributed by atoms with Crippen LogP contribution < -0.4 is 18.0 Å². The van der Waals surface area contributed by atoms with Crippen LogP contribution in [-0.2, 0) is 0 Å². The van der Waals surface area contributed by atoms with E-state index < -0.39 is 79.7 Å². The van der Waals surface area contributed by atoms with Gasteiger partial charge in [-0.1, -0.05) is 8.85 Å². The van der Waals surface area contributed by atoms with Gasteiger partial charge in [0.1, 0.15) is 40.7 Å². The molecule has 3 aromatic carbocycles. The van der Waals surface area contributed by atoms with Crippen molar-refractivity contribution in [1.29, 1.82) is 0 Å². The summed E-state index contributed by atoms with van der Waals surface area (Å²) in [5.74, 6) is -12.2. The minimum Gasteiger partial charge on any atom is -0.498 e. The first kappa shape index (κ1) is 21.1. The van der Waals surface area contributed by atoms with E-state index in [0.717, 1.165) is 7.11 Å². The molecule has 1 nitrogen and oxygen atoms in total. The average molecular weight is 432 g/mol. The molecule has 29 heavy (non-hydrogen) atoms. The first-order valence-electron chi connectivity index (χ1n) is 7.95. The second kappa shape index (κ2) is 8.05. The second-order valence-corrected chi connectivity index (χ2v) is 8.71. The van der Waals surface area contributed by atoms with Crippen molar-refractivity contribution in [3.05, 3.63) is 82.9 Å². The number of hydrogen-bond donors (Lipinski definition) is 0. The molecule has 0 radical (unpaired) electrons. The second-order valence-electron chi connectivity index (χ2n) is 6.02. The van der Waals surface area contributed by atoms with Gasteiger partial charge < -0.3 is 4.74 Å². The number of hydrogen-bond acceptors (Lipinski definition) is 1. The van der Waals surface area contributed by atoms with Crippen LogP contribution in [0.5, 0.6) is 5.75 Å². The lowest BCUT2D eigenvalue weighted by molar-refractivity contribution is 0.411. The molecule has 0 atom stereocenters. The summed E-state index contributed by atoms with van der Waals surface area (Å²) in [4.78, 5) is 0. The average Bonchev–Trinajstić information content (AvgIpc) is 2.64. The van der Waals surface area contributed by atoms with Gasteiger partial charge in [-0.15, -0.1) is 0 Å². The van der Waals surface area contributed by atoms with E-state index in [1.165, 1.54) is 0 Å². The summed E-state index contributed by atoms with van der Waals surface area (Å²) in [5.41, 5.74) is 0. The fourth-order valence-corrected chi connectivity index (χ4v) is 6.30. The van der Waals surface area contributed by atoms with Gasteiger partial charge in [0.25, 0.3) is 0 Å². The fourth-order valence-electron chi connectivity index (χ4n) is 3.06. The number of halogens is 8. The maximum atomic E-state index is 14.7. The zero-order valence-corrected chi connectivity index (χ0v) is 15.6. The van der Waals surface area contributed by atoms with E-state index in [2.05, 4.69) is 0 Å². The monoisotopic (exact) mass is 432 g/mol. The smallest absolute Gasteiger partial charge is 0.404 e. The largest absolute Gasteiger partial charge is 0.498 e. The Morgan fingerprint density at radius 2 is 1.00 bits per heavy atom. The maximum Gasteiger partial charge on any atom is 0.404 e. The van der Waals surface area contributed by atoms with Crippen molar-refractivity contribution in [2.24, 2.45) is 0 Å². The lowest BCUT2D eigenvalue weighted by Gasteiger charge is -2.19. The Bertz CT molecular complexity index is 1040. The molecular weight excluding hydrogens is 423 g/mol. The minimum absolute atomic E-state index is 0.199. The third-order valence-corrected chi connectivity index (χ3v) is 7.45. The van der Waals surface area contributed by atoms with E-state index >= 15 is 0 Å². The number of ether oxygens (including phenoxy) is 1. The van der Waals surface area contributed by atoms with E-state index in [1.54, 1.807) is 0 Å². The van der Waals surface area contributed by atoms with Gasteiger partial charge in [0.15, 0.2) is 11.6 Å². The van der Waals surface area contributed by atoms with Crippen molar-refractivity contribution in [2.75, 3.05) is 7.11 Å². The molecule has 0 saturated heterocycles. The summed E-state index contributed by atoms with van der Waals surface area (Å²) in [7, 11) is 0.994. The Labute approximate surface area is 163 Å². The van der Waals surface area contributed by atoms with Gasteiger partial charge in [-0.2, -0.15) is 0 Å². The van der Waals surface area contributed by atoms with Crippen LogP contribution in [0.4, 0.5) is 35.1 Å². The molecule has 0 aliphatic carbocycles. The summed E-state index contributed by atoms with van der Waals surface area (Å²) in [6.07, 6.45) is 0. The Morgan fingerprint density at radius 1 is 0.586 bits per heavy atom. The fraction of sp³-hybridized carbons (Fsp3) is 0.0526. The van der Waals surface area contributed by atoms with Crippen LogP contribution in [-0.4, -0.2) is 21.3 Å². The highest BCUT2D eigenvalue weighted by Crippen LogP contribution is 2.18. The van der Waals surface area contributed by atoms with Crippen LogP contribution in [0.2, 0.25) is 0 Å². The Balaban J connectivity index is 2.46. The summed E-state index contributed by atoms with van der Waals surface area (Å²) in [6.45, 7) is 0. The Morgan fingerprint density at radius 3 is 1.45 bits per heavy atom. The quantitative estimate of drug-likeness (QED) is 0.349. The van der Waals surface area contributed by atoms with E-state index in [4.69, 9.17) is 4.74 Å². The van der Waals surface area contributed by atoms with E-state index in [-0.39, 0.29) is 12.1 Å². The third kappa shape index (κ3) is 3.95. The molecule has 0 amide bonds. The van der Waals surface area contributed by atoms with Crippen LogP contribution in [0, 0.1) is 46.5 Å². The van der Waals surface area contributed by atoms with Gasteiger partial charge >= 0.3 is 14.1 Å². The zero-order chi connectivity index (χ0) is 21.5. The summed E-state index contributed by atoms with van der Waals surface area (Å²) < 4.78 is 115. The molecule has 3 rings (SSSR count). The molecule has 0 spiro atoms. The standard InChI is InChI=1S/C7H5F2O.2C6H2F3.Al/c1-10-7-3-5(8)2-6(9)4-7;2*7-4-1-2-5(8)6(9)3-4;/h2-3H,1H3;2*1,3H;. The molecular formula is C19H9AlF8O. The summed E-state index contributed by atoms with van der Waals surface area (Å²) >= 11 is -3.99. The van der Waals surface area contributed by atoms with Crippen molar-refractivity contribution in [2.45, 2.75) is 0 Å². The van der Waals surface area contributed by atoms with E-state index in [9.17, 15) is 35.1 Å². The molecule has 3 aromatic rings. The predicted octanol–water partition coefficient (Wildman–Crippen LogP) is 3.32. The van der Waals surface area contributed by atoms with Crippen LogP contribution in [0.3, 0.4) is 0 Å². The van der Waals surface area contributed by atoms with Crippen LogP contribution >= 0.6 is 0 Å². The highest BCUT2D eigenvalue weighted by molar-refractivity contribution is 6.96. The molecule has 150 valence electrons. The molecule has 0 bridgehead atoms. The van der Waals surface area contributed by atoms with Crippen molar-refractivity contribution in [3.63, 3.8) is 0 Å². The molecule has 0 aliphatic heterocycles. The highest BCUT2D eigenvalue weighted by atomic mass is 27.2. The normalized spacial score (nSPS) is 10.9. The van der Waals surface area contributed by atoms with Gasteiger partial charge in [-0.05, 0) is 16.6 Å². The Hall–Kier alpha value is -2.57. The third-order valence-electron chi connectivity index (χ3n) is 4.23. The highest BCUT2D eigenvalue weighted by Gasteiger charge is 2.38. The van der Waals surface area contributed by atoms with Crippen LogP contribution in [0.25, 0.3) is 0 Å². The first-order valence-corrected chi connectivity index (χ1v) is 9.69. The summed E-state index contributed by atoms with van der Waals surface area (Å²) in [6, 6.07) is 2.38. The van der Waals surface area contributed by atoms with E-state index in [0.29, 0.717) is 24.3 Å². The topological polar surface area (TPSA) is 9.23 Å². The summed E-state index contributed by atoms with van der Waals surface area (Å²) in [5, 5.41) is 0. The molecule has 0 unspecified atom stereocenters. The maximum absolute atomic E-state index is 14.7. The molecule has 0 fully saturated rings. The molecule has 0 aliphatic rings. The van der Waals surface area contributed by atoms with Gasteiger partial charge in [-0.25, -0.2) is 35.1 Å². The molecule has 0 aromatic heterocycles. The molecule has 10 heteroatoms. The molecule has 0 heterocycles. The molecule has 0 saturated carbocycles. The van der Waals surface area contributed by atoms with Crippen LogP contribution in [0.15, 0.2) is 36.4 Å². The van der Waals surface area contributed by atoms with Crippen molar-refractivity contribution in [1.82, 2.24) is 0 Å². The lowest BCUT2D eigenvalue weighted by atomic mass is 10.3. The Kier molecular flexibility index (Phi) is 5.87. The van der Waals surface area contributed by atoms with Crippen molar-refractivity contribution < 1.29 is 39.9 Å². The first-order chi connectivity index (χ1) is 13.6. The molecule has 0 N–H and O–H groups in total. The minimum atomic E-state index is -3.99. The number of benzene rings is 3. The van der Waals surface area contributed by atoms with Gasteiger partial charge in [0, 0.05) is 24.3 Å². The SMILES string of the molecule is COc1cc(F)cc(F)[c]1[Al]([c]1cc(F)cc(F)c1F)[c]1cc(F)cc(F)c1F. The number of methoxy groups -OCH3 is 1. The lowest BCUT2D eigenvalue weighted by Crippen LogP contribution is -2.56.